The largest absolute Gasteiger partial charge is 0.416 e. The first kappa shape index (κ1) is 28.3. The first-order valence-corrected chi connectivity index (χ1v) is 13.3. The van der Waals surface area contributed by atoms with Gasteiger partial charge in [0.25, 0.3) is 5.91 Å². The molecule has 0 bridgehead atoms. The average Bonchev–Trinajstić information content (AvgIpc) is 3.55. The predicted molar refractivity (Wildman–Crippen MR) is 153 cm³/mol. The van der Waals surface area contributed by atoms with Gasteiger partial charge in [-0.25, -0.2) is 4.98 Å². The van der Waals surface area contributed by atoms with Gasteiger partial charge in [0.15, 0.2) is 5.65 Å². The van der Waals surface area contributed by atoms with Gasteiger partial charge in [-0.3, -0.25) is 14.8 Å². The van der Waals surface area contributed by atoms with E-state index in [1.807, 2.05) is 38.9 Å². The van der Waals surface area contributed by atoms with Gasteiger partial charge in [0.1, 0.15) is 0 Å². The maximum absolute atomic E-state index is 14.0. The van der Waals surface area contributed by atoms with Gasteiger partial charge < -0.3 is 10.2 Å². The molecule has 2 aromatic carbocycles. The lowest BCUT2D eigenvalue weighted by Gasteiger charge is -2.22. The van der Waals surface area contributed by atoms with Crippen LogP contribution in [-0.4, -0.2) is 64.1 Å². The van der Waals surface area contributed by atoms with Crippen LogP contribution in [0.25, 0.3) is 11.0 Å². The molecule has 1 unspecified atom stereocenters. The number of anilines is 1. The third kappa shape index (κ3) is 6.42. The number of rotatable bonds is 5. The summed E-state index contributed by atoms with van der Waals surface area (Å²) in [5, 5.41) is 10.5. The summed E-state index contributed by atoms with van der Waals surface area (Å²) in [6.45, 7) is 5.42. The second-order valence-electron chi connectivity index (χ2n) is 10.7. The van der Waals surface area contributed by atoms with Gasteiger partial charge >= 0.3 is 6.18 Å². The average molecular weight is 561 g/mol. The number of fused-ring (bicyclic) bond motifs is 1. The van der Waals surface area contributed by atoms with Crippen molar-refractivity contribution in [2.45, 2.75) is 39.0 Å². The standard InChI is InChI=1S/C31H31F3N6O/c1-19-5-7-23(14-22(19)8-6-21-13-27-20(2)37-38-29(27)35-16-21)30(41)36-25-10-9-24(28(15-25)31(32,33)34)17-40-12-11-26(18-40)39(3)4/h5,7,9-10,13-16,26H,11-12,17-18H2,1-4H3,(H,36,41)(H,35,37,38). The molecule has 1 atom stereocenters. The van der Waals surface area contributed by atoms with Crippen molar-refractivity contribution >= 4 is 22.6 Å². The lowest BCUT2D eigenvalue weighted by Crippen LogP contribution is -2.31. The molecule has 10 heteroatoms. The maximum atomic E-state index is 14.0. The summed E-state index contributed by atoms with van der Waals surface area (Å²) in [6, 6.07) is 11.3. The van der Waals surface area contributed by atoms with Crippen molar-refractivity contribution in [2.24, 2.45) is 0 Å². The van der Waals surface area contributed by atoms with E-state index in [9.17, 15) is 18.0 Å². The molecule has 0 radical (unpaired) electrons. The molecule has 41 heavy (non-hydrogen) atoms. The Morgan fingerprint density at radius 1 is 1.15 bits per heavy atom. The Morgan fingerprint density at radius 2 is 1.95 bits per heavy atom. The minimum absolute atomic E-state index is 0.0849. The van der Waals surface area contributed by atoms with Crippen molar-refractivity contribution in [1.82, 2.24) is 25.0 Å². The number of hydrogen-bond donors (Lipinski definition) is 2. The zero-order valence-electron chi connectivity index (χ0n) is 23.4. The van der Waals surface area contributed by atoms with E-state index in [1.54, 1.807) is 24.4 Å². The molecule has 1 saturated heterocycles. The van der Waals surface area contributed by atoms with Crippen molar-refractivity contribution < 1.29 is 18.0 Å². The van der Waals surface area contributed by atoms with Crippen LogP contribution in [-0.2, 0) is 12.7 Å². The van der Waals surface area contributed by atoms with E-state index in [-0.39, 0.29) is 17.8 Å². The molecule has 0 saturated carbocycles. The van der Waals surface area contributed by atoms with Crippen LogP contribution in [0.2, 0.25) is 0 Å². The second-order valence-corrected chi connectivity index (χ2v) is 10.7. The van der Waals surface area contributed by atoms with Crippen molar-refractivity contribution in [3.63, 3.8) is 0 Å². The fourth-order valence-corrected chi connectivity index (χ4v) is 5.01. The van der Waals surface area contributed by atoms with Crippen LogP contribution in [0.3, 0.4) is 0 Å². The van der Waals surface area contributed by atoms with Crippen molar-refractivity contribution in [1.29, 1.82) is 0 Å². The van der Waals surface area contributed by atoms with Crippen LogP contribution in [0, 0.1) is 25.7 Å². The number of benzene rings is 2. The number of hydrogen-bond acceptors (Lipinski definition) is 5. The van der Waals surface area contributed by atoms with Crippen LogP contribution in [0.15, 0.2) is 48.7 Å². The number of aryl methyl sites for hydroxylation is 2. The molecule has 0 spiro atoms. The molecule has 1 aliphatic rings. The number of carbonyl (C=O) groups is 1. The van der Waals surface area contributed by atoms with Crippen LogP contribution in [0.4, 0.5) is 18.9 Å². The van der Waals surface area contributed by atoms with E-state index >= 15 is 0 Å². The third-order valence-electron chi connectivity index (χ3n) is 7.49. The summed E-state index contributed by atoms with van der Waals surface area (Å²) >= 11 is 0. The number of halogens is 3. The lowest BCUT2D eigenvalue weighted by molar-refractivity contribution is -0.138. The van der Waals surface area contributed by atoms with Gasteiger partial charge in [-0.15, -0.1) is 0 Å². The molecular formula is C31H31F3N6O. The van der Waals surface area contributed by atoms with E-state index in [0.29, 0.717) is 28.4 Å². The number of aromatic nitrogens is 3. The number of carbonyl (C=O) groups excluding carboxylic acids is 1. The monoisotopic (exact) mass is 560 g/mol. The molecular weight excluding hydrogens is 529 g/mol. The van der Waals surface area contributed by atoms with Crippen LogP contribution in [0.5, 0.6) is 0 Å². The number of likely N-dealkylation sites (N-methyl/N-ethyl adjacent to an activating group) is 1. The van der Waals surface area contributed by atoms with Crippen LogP contribution >= 0.6 is 0 Å². The number of nitrogens with one attached hydrogen (secondary N) is 2. The highest BCUT2D eigenvalue weighted by Crippen LogP contribution is 2.35. The SMILES string of the molecule is Cc1ccc(C(=O)Nc2ccc(CN3CCC(N(C)C)C3)c(C(F)(F)F)c2)cc1C#Cc1cnc2[nH]nc(C)c2c1. The molecule has 1 aliphatic heterocycles. The summed E-state index contributed by atoms with van der Waals surface area (Å²) in [5.74, 6) is 5.65. The highest BCUT2D eigenvalue weighted by atomic mass is 19.4. The minimum Gasteiger partial charge on any atom is -0.322 e. The maximum Gasteiger partial charge on any atom is 0.416 e. The first-order valence-electron chi connectivity index (χ1n) is 13.3. The molecule has 0 aliphatic carbocycles. The Balaban J connectivity index is 1.34. The third-order valence-corrected chi connectivity index (χ3v) is 7.49. The Labute approximate surface area is 236 Å². The van der Waals surface area contributed by atoms with Gasteiger partial charge in [-0.1, -0.05) is 24.0 Å². The molecule has 1 amide bonds. The number of amides is 1. The zero-order valence-corrected chi connectivity index (χ0v) is 23.4. The van der Waals surface area contributed by atoms with Gasteiger partial charge in [0.05, 0.1) is 11.3 Å². The Morgan fingerprint density at radius 3 is 2.68 bits per heavy atom. The van der Waals surface area contributed by atoms with E-state index in [4.69, 9.17) is 0 Å². The minimum atomic E-state index is -4.55. The normalized spacial score (nSPS) is 15.8. The van der Waals surface area contributed by atoms with Crippen molar-refractivity contribution in [3.8, 4) is 11.8 Å². The molecule has 4 aromatic rings. The number of H-pyrrole nitrogens is 1. The Hall–Kier alpha value is -4.20. The number of aromatic amines is 1. The van der Waals surface area contributed by atoms with Gasteiger partial charge in [-0.05, 0) is 75.8 Å². The van der Waals surface area contributed by atoms with Crippen LogP contribution in [0.1, 0.15) is 50.3 Å². The fourth-order valence-electron chi connectivity index (χ4n) is 5.01. The summed E-state index contributed by atoms with van der Waals surface area (Å²) in [5.41, 5.74) is 3.53. The van der Waals surface area contributed by atoms with E-state index < -0.39 is 17.6 Å². The van der Waals surface area contributed by atoms with Gasteiger partial charge in [0.2, 0.25) is 0 Å². The van der Waals surface area contributed by atoms with Gasteiger partial charge in [0, 0.05) is 59.6 Å². The van der Waals surface area contributed by atoms with E-state index in [0.717, 1.165) is 42.2 Å². The number of pyridine rings is 1. The Kier molecular flexibility index (Phi) is 7.84. The molecule has 7 nitrogen and oxygen atoms in total. The smallest absolute Gasteiger partial charge is 0.322 e. The molecule has 5 rings (SSSR count). The Bertz CT molecular complexity index is 1660. The van der Waals surface area contributed by atoms with Crippen molar-refractivity contribution in [2.75, 3.05) is 32.5 Å². The van der Waals surface area contributed by atoms with E-state index in [1.165, 1.54) is 12.1 Å². The highest BCUT2D eigenvalue weighted by Gasteiger charge is 2.35. The molecule has 212 valence electrons. The topological polar surface area (TPSA) is 77.2 Å². The summed E-state index contributed by atoms with van der Waals surface area (Å²) in [4.78, 5) is 21.5. The molecule has 3 heterocycles. The summed E-state index contributed by atoms with van der Waals surface area (Å²) in [6.07, 6.45) is -1.98. The van der Waals surface area contributed by atoms with Crippen LogP contribution < -0.4 is 5.32 Å². The highest BCUT2D eigenvalue weighted by molar-refractivity contribution is 6.04. The van der Waals surface area contributed by atoms with Crippen molar-refractivity contribution in [3.05, 3.63) is 87.7 Å². The summed E-state index contributed by atoms with van der Waals surface area (Å²) in [7, 11) is 3.97. The fraction of sp³-hybridized carbons (Fsp3) is 0.323. The number of nitrogens with zero attached hydrogens (tertiary/aromatic N) is 4. The zero-order chi connectivity index (χ0) is 29.3. The predicted octanol–water partition coefficient (Wildman–Crippen LogP) is 5.38. The lowest BCUT2D eigenvalue weighted by atomic mass is 10.0. The quantitative estimate of drug-likeness (QED) is 0.321. The molecule has 1 fully saturated rings. The number of likely N-dealkylation sites (tertiary alicyclic amines) is 1. The first-order chi connectivity index (χ1) is 19.5. The van der Waals surface area contributed by atoms with Gasteiger partial charge in [-0.2, -0.15) is 18.3 Å². The second kappa shape index (κ2) is 11.4. The van der Waals surface area contributed by atoms with E-state index in [2.05, 4.69) is 37.2 Å². The summed E-state index contributed by atoms with van der Waals surface area (Å²) < 4.78 is 42.0. The number of alkyl halides is 3. The molecule has 2 aromatic heterocycles. The molecule has 2 N–H and O–H groups in total.